The summed E-state index contributed by atoms with van der Waals surface area (Å²) < 4.78 is 0. The molecule has 0 unspecified atom stereocenters. The van der Waals surface area contributed by atoms with Gasteiger partial charge in [-0.15, -0.1) is 0 Å². The van der Waals surface area contributed by atoms with Gasteiger partial charge in [-0.1, -0.05) is 24.3 Å². The summed E-state index contributed by atoms with van der Waals surface area (Å²) in [6.45, 7) is 8.58. The van der Waals surface area contributed by atoms with E-state index in [0.29, 0.717) is 0 Å². The van der Waals surface area contributed by atoms with Crippen LogP contribution in [0.2, 0.25) is 0 Å². The summed E-state index contributed by atoms with van der Waals surface area (Å²) in [7, 11) is 0. The maximum absolute atomic E-state index is 4.38. The lowest BCUT2D eigenvalue weighted by Gasteiger charge is -2.40. The average Bonchev–Trinajstić information content (AvgIpc) is 2.55. The van der Waals surface area contributed by atoms with Gasteiger partial charge in [0.1, 0.15) is 0 Å². The van der Waals surface area contributed by atoms with Crippen LogP contribution >= 0.6 is 0 Å². The zero-order chi connectivity index (χ0) is 9.74. The highest BCUT2D eigenvalue weighted by Crippen LogP contribution is 2.54. The van der Waals surface area contributed by atoms with Crippen LogP contribution in [0.1, 0.15) is 27.7 Å². The van der Waals surface area contributed by atoms with Crippen LogP contribution in [0.25, 0.3) is 0 Å². The normalized spacial score (nSPS) is 30.5. The van der Waals surface area contributed by atoms with Crippen molar-refractivity contribution in [1.29, 1.82) is 0 Å². The quantitative estimate of drug-likeness (QED) is 0.541. The smallest absolute Gasteiger partial charge is 0.0909 e. The van der Waals surface area contributed by atoms with Gasteiger partial charge in [0.25, 0.3) is 0 Å². The first kappa shape index (κ1) is 8.67. The molecule has 0 atom stereocenters. The molecule has 1 aliphatic carbocycles. The molecule has 2 nitrogen and oxygen atoms in total. The molecule has 0 fully saturated rings. The first-order chi connectivity index (χ1) is 5.91. The molecule has 0 N–H and O–H groups in total. The topological polar surface area (TPSA) is 24.7 Å². The predicted octanol–water partition coefficient (Wildman–Crippen LogP) is 3.12. The fourth-order valence-corrected chi connectivity index (χ4v) is 2.45. The molecule has 13 heavy (non-hydrogen) atoms. The van der Waals surface area contributed by atoms with Crippen LogP contribution in [-0.4, -0.2) is 11.1 Å². The third-order valence-corrected chi connectivity index (χ3v) is 3.40. The summed E-state index contributed by atoms with van der Waals surface area (Å²) in [6.07, 6.45) is 8.65. The van der Waals surface area contributed by atoms with Gasteiger partial charge in [0.15, 0.2) is 0 Å². The molecule has 2 aliphatic rings. The van der Waals surface area contributed by atoms with E-state index in [9.17, 15) is 0 Å². The van der Waals surface area contributed by atoms with E-state index in [0.717, 1.165) is 0 Å². The summed E-state index contributed by atoms with van der Waals surface area (Å²) in [5.41, 5.74) is -0.236. The van der Waals surface area contributed by atoms with Crippen molar-refractivity contribution in [3.63, 3.8) is 0 Å². The lowest BCUT2D eigenvalue weighted by Crippen LogP contribution is -2.47. The highest BCUT2D eigenvalue weighted by Gasteiger charge is 2.57. The molecule has 70 valence electrons. The van der Waals surface area contributed by atoms with Gasteiger partial charge in [0, 0.05) is 0 Å². The number of hydrogen-bond acceptors (Lipinski definition) is 2. The Morgan fingerprint density at radius 3 is 1.54 bits per heavy atom. The molecule has 1 heterocycles. The molecule has 0 saturated heterocycles. The van der Waals surface area contributed by atoms with Crippen LogP contribution in [0.3, 0.4) is 0 Å². The number of nitrogens with zero attached hydrogens (tertiary/aromatic N) is 2. The minimum Gasteiger partial charge on any atom is -0.186 e. The third kappa shape index (κ3) is 0.835. The fourth-order valence-electron chi connectivity index (χ4n) is 2.45. The van der Waals surface area contributed by atoms with E-state index >= 15 is 0 Å². The molecule has 0 amide bonds. The first-order valence-electron chi connectivity index (χ1n) is 4.72. The molecule has 0 saturated carbocycles. The number of rotatable bonds is 0. The van der Waals surface area contributed by atoms with Gasteiger partial charge in [-0.05, 0) is 27.7 Å². The van der Waals surface area contributed by atoms with Gasteiger partial charge in [-0.25, -0.2) is 0 Å². The molecule has 0 aromatic rings. The summed E-state index contributed by atoms with van der Waals surface area (Å²) in [5, 5.41) is 8.76. The van der Waals surface area contributed by atoms with Crippen LogP contribution in [0.4, 0.5) is 0 Å². The Balaban J connectivity index is 2.57. The predicted molar refractivity (Wildman–Crippen MR) is 53.7 cm³/mol. The van der Waals surface area contributed by atoms with E-state index in [2.05, 4.69) is 62.2 Å². The molecule has 1 spiro atoms. The second-order valence-corrected chi connectivity index (χ2v) is 4.91. The van der Waals surface area contributed by atoms with Crippen molar-refractivity contribution in [2.45, 2.75) is 38.8 Å². The molecular formula is C11H16N2. The van der Waals surface area contributed by atoms with Crippen LogP contribution in [0, 0.1) is 5.41 Å². The Morgan fingerprint density at radius 1 is 0.769 bits per heavy atom. The van der Waals surface area contributed by atoms with Crippen molar-refractivity contribution < 1.29 is 0 Å². The Kier molecular flexibility index (Phi) is 1.41. The zero-order valence-electron chi connectivity index (χ0n) is 8.70. The van der Waals surface area contributed by atoms with Crippen molar-refractivity contribution >= 4 is 0 Å². The van der Waals surface area contributed by atoms with E-state index in [1.807, 2.05) is 0 Å². The second-order valence-electron chi connectivity index (χ2n) is 4.91. The molecule has 0 radical (unpaired) electrons. The van der Waals surface area contributed by atoms with Crippen LogP contribution in [-0.2, 0) is 0 Å². The average molecular weight is 176 g/mol. The maximum Gasteiger partial charge on any atom is 0.0909 e. The summed E-state index contributed by atoms with van der Waals surface area (Å²) in [4.78, 5) is 0. The molecule has 0 aromatic heterocycles. The number of azo groups is 1. The van der Waals surface area contributed by atoms with Crippen molar-refractivity contribution in [3.8, 4) is 0 Å². The highest BCUT2D eigenvalue weighted by molar-refractivity contribution is 5.37. The Hall–Kier alpha value is -0.920. The number of allylic oxidation sites excluding steroid dienone is 2. The zero-order valence-corrected chi connectivity index (χ0v) is 8.70. The lowest BCUT2D eigenvalue weighted by atomic mass is 9.63. The summed E-state index contributed by atoms with van der Waals surface area (Å²) in [5.74, 6) is 0. The molecule has 2 heteroatoms. The summed E-state index contributed by atoms with van der Waals surface area (Å²) >= 11 is 0. The monoisotopic (exact) mass is 176 g/mol. The van der Waals surface area contributed by atoms with Gasteiger partial charge in [-0.2, -0.15) is 10.2 Å². The van der Waals surface area contributed by atoms with Gasteiger partial charge in [0.2, 0.25) is 0 Å². The van der Waals surface area contributed by atoms with Crippen LogP contribution in [0.5, 0.6) is 0 Å². The SMILES string of the molecule is CC1(C)N=NC(C)(C)C12C=CC=C2. The number of hydrogen-bond donors (Lipinski definition) is 0. The van der Waals surface area contributed by atoms with Crippen molar-refractivity contribution in [2.24, 2.45) is 15.6 Å². The molecule has 0 bridgehead atoms. The first-order valence-corrected chi connectivity index (χ1v) is 4.72. The van der Waals surface area contributed by atoms with Crippen molar-refractivity contribution in [3.05, 3.63) is 24.3 Å². The molecule has 2 rings (SSSR count). The molecule has 1 aliphatic heterocycles. The van der Waals surface area contributed by atoms with Gasteiger partial charge >= 0.3 is 0 Å². The standard InChI is InChI=1S/C11H16N2/c1-9(2)11(7-5-6-8-11)10(3,4)13-12-9/h5-8H,1-4H3. The second kappa shape index (κ2) is 2.11. The minimum absolute atomic E-state index is 0.0139. The van der Waals surface area contributed by atoms with Crippen LogP contribution < -0.4 is 0 Å². The van der Waals surface area contributed by atoms with E-state index in [4.69, 9.17) is 0 Å². The highest BCUT2D eigenvalue weighted by atomic mass is 15.3. The van der Waals surface area contributed by atoms with Crippen LogP contribution in [0.15, 0.2) is 34.5 Å². The third-order valence-electron chi connectivity index (χ3n) is 3.40. The van der Waals surface area contributed by atoms with Gasteiger partial charge in [-0.3, -0.25) is 0 Å². The van der Waals surface area contributed by atoms with Gasteiger partial charge < -0.3 is 0 Å². The van der Waals surface area contributed by atoms with Gasteiger partial charge in [0.05, 0.1) is 16.5 Å². The van der Waals surface area contributed by atoms with E-state index in [1.165, 1.54) is 0 Å². The minimum atomic E-state index is -0.111. The Bertz CT molecular complexity index is 287. The van der Waals surface area contributed by atoms with E-state index < -0.39 is 0 Å². The lowest BCUT2D eigenvalue weighted by molar-refractivity contribution is 0.233. The van der Waals surface area contributed by atoms with E-state index in [1.54, 1.807) is 0 Å². The molecule has 0 aromatic carbocycles. The maximum atomic E-state index is 4.38. The van der Waals surface area contributed by atoms with Crippen molar-refractivity contribution in [1.82, 2.24) is 0 Å². The molecular weight excluding hydrogens is 160 g/mol. The summed E-state index contributed by atoms with van der Waals surface area (Å²) in [6, 6.07) is 0. The van der Waals surface area contributed by atoms with Crippen molar-refractivity contribution in [2.75, 3.05) is 0 Å². The van der Waals surface area contributed by atoms with E-state index in [-0.39, 0.29) is 16.5 Å². The Morgan fingerprint density at radius 2 is 1.15 bits per heavy atom. The largest absolute Gasteiger partial charge is 0.186 e. The fraction of sp³-hybridized carbons (Fsp3) is 0.636. The Labute approximate surface area is 79.4 Å².